The lowest BCUT2D eigenvalue weighted by molar-refractivity contribution is 0.276. The molecule has 7 heteroatoms. The Labute approximate surface area is 122 Å². The molecule has 0 aliphatic heterocycles. The maximum Gasteiger partial charge on any atom is 0.102 e. The molecule has 0 aliphatic carbocycles. The van der Waals surface area contributed by atoms with Gasteiger partial charge in [-0.25, -0.2) is 0 Å². The number of nitriles is 2. The minimum absolute atomic E-state index is 0.121. The van der Waals surface area contributed by atoms with Crippen LogP contribution in [0.1, 0.15) is 23.2 Å². The number of aliphatic hydroxyl groups excluding tert-OH is 1. The Balaban J connectivity index is 1.98. The molecule has 1 heterocycles. The summed E-state index contributed by atoms with van der Waals surface area (Å²) in [5.74, 6) is 0. The van der Waals surface area contributed by atoms with Crippen LogP contribution in [-0.2, 0) is 13.1 Å². The molecule has 2 rings (SSSR count). The number of aromatic nitrogens is 3. The summed E-state index contributed by atoms with van der Waals surface area (Å²) in [7, 11) is 0. The van der Waals surface area contributed by atoms with E-state index in [1.807, 2.05) is 12.1 Å². The summed E-state index contributed by atoms with van der Waals surface area (Å²) in [5, 5.41) is 37.7. The zero-order chi connectivity index (χ0) is 15.1. The molecule has 106 valence electrons. The Hall–Kier alpha value is -2.90. The van der Waals surface area contributed by atoms with Gasteiger partial charge in [0.05, 0.1) is 23.9 Å². The number of hydrogen-bond acceptors (Lipinski definition) is 6. The van der Waals surface area contributed by atoms with Gasteiger partial charge in [0.15, 0.2) is 0 Å². The maximum atomic E-state index is 8.97. The number of nitrogens with one attached hydrogen (secondary N) is 1. The van der Waals surface area contributed by atoms with Crippen molar-refractivity contribution in [1.29, 1.82) is 10.5 Å². The van der Waals surface area contributed by atoms with E-state index in [2.05, 4.69) is 15.6 Å². The van der Waals surface area contributed by atoms with Crippen molar-refractivity contribution in [2.75, 3.05) is 11.9 Å². The van der Waals surface area contributed by atoms with Crippen molar-refractivity contribution in [2.45, 2.75) is 19.5 Å². The lowest BCUT2D eigenvalue weighted by Gasteiger charge is -2.05. The van der Waals surface area contributed by atoms with Gasteiger partial charge in [-0.15, -0.1) is 5.10 Å². The highest BCUT2D eigenvalue weighted by molar-refractivity contribution is 5.56. The molecular weight excluding hydrogens is 268 g/mol. The molecule has 0 atom stereocenters. The normalized spacial score (nSPS) is 9.86. The van der Waals surface area contributed by atoms with Crippen LogP contribution in [0, 0.1) is 22.7 Å². The Kier molecular flexibility index (Phi) is 4.86. The monoisotopic (exact) mass is 282 g/mol. The third-order valence-corrected chi connectivity index (χ3v) is 2.87. The summed E-state index contributed by atoms with van der Waals surface area (Å²) in [6, 6.07) is 8.96. The first kappa shape index (κ1) is 14.5. The molecule has 0 fully saturated rings. The zero-order valence-electron chi connectivity index (χ0n) is 11.3. The van der Waals surface area contributed by atoms with Crippen molar-refractivity contribution in [3.63, 3.8) is 0 Å². The SMILES string of the molecule is N#Cc1ccc(NCc2cn(CCCO)nn2)cc1C#N. The molecule has 2 N–H and O–H groups in total. The summed E-state index contributed by atoms with van der Waals surface area (Å²) in [6.07, 6.45) is 2.44. The molecular formula is C14H14N6O. The third-order valence-electron chi connectivity index (χ3n) is 2.87. The van der Waals surface area contributed by atoms with E-state index in [-0.39, 0.29) is 6.61 Å². The number of aryl methyl sites for hydroxylation is 1. The number of hydrogen-bond donors (Lipinski definition) is 2. The molecule has 0 spiro atoms. The fourth-order valence-electron chi connectivity index (χ4n) is 1.80. The van der Waals surface area contributed by atoms with E-state index in [9.17, 15) is 0 Å². The fraction of sp³-hybridized carbons (Fsp3) is 0.286. The van der Waals surface area contributed by atoms with Gasteiger partial charge in [-0.1, -0.05) is 5.21 Å². The van der Waals surface area contributed by atoms with Crippen molar-refractivity contribution >= 4 is 5.69 Å². The molecule has 0 saturated heterocycles. The molecule has 2 aromatic rings. The van der Waals surface area contributed by atoms with Crippen LogP contribution in [-0.4, -0.2) is 26.7 Å². The number of anilines is 1. The van der Waals surface area contributed by atoms with E-state index in [1.54, 1.807) is 29.1 Å². The number of benzene rings is 1. The Bertz CT molecular complexity index is 694. The van der Waals surface area contributed by atoms with Crippen LogP contribution in [0.25, 0.3) is 0 Å². The number of aliphatic hydroxyl groups is 1. The average molecular weight is 282 g/mol. The first-order valence-electron chi connectivity index (χ1n) is 6.45. The van der Waals surface area contributed by atoms with Crippen LogP contribution in [0.4, 0.5) is 5.69 Å². The lowest BCUT2D eigenvalue weighted by Crippen LogP contribution is -2.01. The molecule has 7 nitrogen and oxygen atoms in total. The van der Waals surface area contributed by atoms with Gasteiger partial charge >= 0.3 is 0 Å². The highest BCUT2D eigenvalue weighted by Crippen LogP contribution is 2.15. The van der Waals surface area contributed by atoms with Crippen LogP contribution in [0.5, 0.6) is 0 Å². The smallest absolute Gasteiger partial charge is 0.102 e. The highest BCUT2D eigenvalue weighted by Gasteiger charge is 2.04. The number of nitrogens with zero attached hydrogens (tertiary/aromatic N) is 5. The highest BCUT2D eigenvalue weighted by atomic mass is 16.3. The molecule has 1 aromatic heterocycles. The minimum Gasteiger partial charge on any atom is -0.396 e. The average Bonchev–Trinajstić information content (AvgIpc) is 2.98. The van der Waals surface area contributed by atoms with Crippen LogP contribution >= 0.6 is 0 Å². The van der Waals surface area contributed by atoms with E-state index in [0.29, 0.717) is 30.6 Å². The van der Waals surface area contributed by atoms with E-state index in [4.69, 9.17) is 15.6 Å². The predicted molar refractivity (Wildman–Crippen MR) is 74.9 cm³/mol. The van der Waals surface area contributed by atoms with Gasteiger partial charge in [-0.05, 0) is 24.6 Å². The summed E-state index contributed by atoms with van der Waals surface area (Å²) in [4.78, 5) is 0. The quantitative estimate of drug-likeness (QED) is 0.818. The fourth-order valence-corrected chi connectivity index (χ4v) is 1.80. The zero-order valence-corrected chi connectivity index (χ0v) is 11.3. The molecule has 0 aliphatic rings. The molecule has 0 radical (unpaired) electrons. The van der Waals surface area contributed by atoms with Crippen LogP contribution < -0.4 is 5.32 Å². The van der Waals surface area contributed by atoms with Crippen molar-refractivity contribution in [1.82, 2.24) is 15.0 Å². The van der Waals surface area contributed by atoms with Crippen molar-refractivity contribution in [3.8, 4) is 12.1 Å². The number of rotatable bonds is 6. The van der Waals surface area contributed by atoms with Gasteiger partial charge in [-0.2, -0.15) is 10.5 Å². The first-order valence-corrected chi connectivity index (χ1v) is 6.45. The molecule has 0 amide bonds. The van der Waals surface area contributed by atoms with Gasteiger partial charge in [0.25, 0.3) is 0 Å². The third kappa shape index (κ3) is 3.78. The largest absolute Gasteiger partial charge is 0.396 e. The minimum atomic E-state index is 0.121. The topological polar surface area (TPSA) is 111 Å². The summed E-state index contributed by atoms with van der Waals surface area (Å²) < 4.78 is 1.67. The first-order chi connectivity index (χ1) is 10.3. The second-order valence-electron chi connectivity index (χ2n) is 4.39. The Morgan fingerprint density at radius 3 is 2.76 bits per heavy atom. The van der Waals surface area contributed by atoms with Crippen molar-refractivity contribution in [2.24, 2.45) is 0 Å². The molecule has 0 unspecified atom stereocenters. The molecule has 1 aromatic carbocycles. The van der Waals surface area contributed by atoms with Crippen LogP contribution in [0.2, 0.25) is 0 Å². The van der Waals surface area contributed by atoms with Crippen molar-refractivity contribution < 1.29 is 5.11 Å². The Morgan fingerprint density at radius 2 is 2.05 bits per heavy atom. The summed E-state index contributed by atoms with van der Waals surface area (Å²) >= 11 is 0. The summed E-state index contributed by atoms with van der Waals surface area (Å²) in [5.41, 5.74) is 2.21. The van der Waals surface area contributed by atoms with Gasteiger partial charge in [0.2, 0.25) is 0 Å². The second kappa shape index (κ2) is 7.04. The van der Waals surface area contributed by atoms with Gasteiger partial charge in [0.1, 0.15) is 17.8 Å². The summed E-state index contributed by atoms with van der Waals surface area (Å²) in [6.45, 7) is 1.21. The second-order valence-corrected chi connectivity index (χ2v) is 4.39. The van der Waals surface area contributed by atoms with E-state index >= 15 is 0 Å². The predicted octanol–water partition coefficient (Wildman–Crippen LogP) is 1.02. The van der Waals surface area contributed by atoms with Gasteiger partial charge < -0.3 is 10.4 Å². The lowest BCUT2D eigenvalue weighted by atomic mass is 10.1. The van der Waals surface area contributed by atoms with Crippen LogP contribution in [0.3, 0.4) is 0 Å². The maximum absolute atomic E-state index is 8.97. The van der Waals surface area contributed by atoms with E-state index in [1.165, 1.54) is 0 Å². The van der Waals surface area contributed by atoms with E-state index in [0.717, 1.165) is 11.4 Å². The van der Waals surface area contributed by atoms with Crippen LogP contribution in [0.15, 0.2) is 24.4 Å². The van der Waals surface area contributed by atoms with Gasteiger partial charge in [0, 0.05) is 18.8 Å². The molecule has 0 saturated carbocycles. The van der Waals surface area contributed by atoms with Gasteiger partial charge in [-0.3, -0.25) is 4.68 Å². The van der Waals surface area contributed by atoms with E-state index < -0.39 is 0 Å². The molecule has 21 heavy (non-hydrogen) atoms. The molecule has 0 bridgehead atoms. The Morgan fingerprint density at radius 1 is 1.24 bits per heavy atom. The standard InChI is InChI=1S/C14H14N6O/c15-7-11-2-3-13(6-12(11)8-16)17-9-14-10-20(19-18-14)4-1-5-21/h2-3,6,10,17,21H,1,4-5,9H2. The van der Waals surface area contributed by atoms with Crippen molar-refractivity contribution in [3.05, 3.63) is 41.2 Å².